The van der Waals surface area contributed by atoms with E-state index in [1.807, 2.05) is 23.1 Å². The molecule has 1 saturated heterocycles. The first-order valence-electron chi connectivity index (χ1n) is 16.1. The predicted octanol–water partition coefficient (Wildman–Crippen LogP) is 3.83. The summed E-state index contributed by atoms with van der Waals surface area (Å²) in [6, 6.07) is 7.53. The summed E-state index contributed by atoms with van der Waals surface area (Å²) in [4.78, 5) is 28.6. The van der Waals surface area contributed by atoms with Gasteiger partial charge in [-0.3, -0.25) is 9.69 Å². The third kappa shape index (κ3) is 6.97. The lowest BCUT2D eigenvalue weighted by Crippen LogP contribution is -2.56. The SMILES string of the molecule is COc1cc(OC)cc(-c2cc(CCCCOC(=O)C3(O)C[C@@H](O)C(O)[C@H](O)C3)c(/C=C3\SC(=S)N(C4CC5CCC4C5)C3=O)o2)c1. The fraction of sp³-hybridized carbons (Fsp3) is 0.559. The van der Waals surface area contributed by atoms with Crippen LogP contribution >= 0.6 is 24.0 Å². The third-order valence-corrected chi connectivity index (χ3v) is 11.3. The van der Waals surface area contributed by atoms with Crippen LogP contribution in [0.5, 0.6) is 11.5 Å². The van der Waals surface area contributed by atoms with Crippen molar-refractivity contribution >= 4 is 46.3 Å². The molecule has 4 N–H and O–H groups in total. The highest BCUT2D eigenvalue weighted by Crippen LogP contribution is 2.49. The van der Waals surface area contributed by atoms with Crippen molar-refractivity contribution in [3.8, 4) is 22.8 Å². The van der Waals surface area contributed by atoms with E-state index < -0.39 is 42.7 Å². The number of esters is 1. The Balaban J connectivity index is 1.17. The first-order valence-corrected chi connectivity index (χ1v) is 17.3. The number of carbonyl (C=O) groups excluding carboxylic acids is 2. The minimum absolute atomic E-state index is 0.00518. The predicted molar refractivity (Wildman–Crippen MR) is 178 cm³/mol. The number of fused-ring (bicyclic) bond motifs is 2. The number of rotatable bonds is 11. The van der Waals surface area contributed by atoms with Gasteiger partial charge in [0.15, 0.2) is 5.60 Å². The number of carbonyl (C=O) groups is 2. The Kier molecular flexibility index (Phi) is 10.0. The van der Waals surface area contributed by atoms with Gasteiger partial charge in [-0.1, -0.05) is 30.4 Å². The molecule has 254 valence electrons. The van der Waals surface area contributed by atoms with Crippen LogP contribution in [-0.2, 0) is 20.7 Å². The van der Waals surface area contributed by atoms with Gasteiger partial charge in [0.1, 0.15) is 33.4 Å². The number of thioether (sulfide) groups is 1. The molecule has 3 saturated carbocycles. The number of unbranched alkanes of at least 4 members (excludes halogenated alkanes) is 1. The Bertz CT molecular complexity index is 1520. The van der Waals surface area contributed by atoms with Crippen LogP contribution in [0.4, 0.5) is 0 Å². The molecule has 4 aliphatic rings. The number of aliphatic hydroxyl groups is 4. The number of benzene rings is 1. The number of hydrogen-bond donors (Lipinski definition) is 4. The molecular formula is C34H41NO10S2. The molecule has 1 aromatic heterocycles. The molecule has 3 aliphatic carbocycles. The standard InChI is InChI=1S/C34H41NO10S2/c1-42-22-11-21(12-23(14-22)43-2)27-13-20(5-3-4-8-44-32(40)34(41)16-25(36)30(38)26(37)17-34)28(45-27)15-29-31(39)35(33(46)47-29)24-10-18-6-7-19(24)9-18/h11-15,18-19,24-26,30,36-38,41H,3-10,16-17H2,1-2H3/b29-15-/t18?,19?,24?,25-,26-,30?,34?/m1/s1. The molecule has 2 aromatic rings. The van der Waals surface area contributed by atoms with Gasteiger partial charge < -0.3 is 39.1 Å². The second-order valence-electron chi connectivity index (χ2n) is 13.1. The van der Waals surface area contributed by atoms with Crippen molar-refractivity contribution < 1.29 is 48.6 Å². The molecule has 3 unspecified atom stereocenters. The van der Waals surface area contributed by atoms with Crippen LogP contribution in [0.15, 0.2) is 33.6 Å². The van der Waals surface area contributed by atoms with Crippen LogP contribution in [0.3, 0.4) is 0 Å². The number of nitrogens with zero attached hydrogens (tertiary/aromatic N) is 1. The summed E-state index contributed by atoms with van der Waals surface area (Å²) in [6.07, 6.45) is 2.73. The molecule has 6 rings (SSSR count). The number of ether oxygens (including phenoxy) is 3. The lowest BCUT2D eigenvalue weighted by Gasteiger charge is -2.38. The van der Waals surface area contributed by atoms with E-state index in [1.54, 1.807) is 26.4 Å². The lowest BCUT2D eigenvalue weighted by atomic mass is 9.80. The molecule has 2 bridgehead atoms. The van der Waals surface area contributed by atoms with Gasteiger partial charge in [0.05, 0.1) is 37.9 Å². The molecular weight excluding hydrogens is 647 g/mol. The molecule has 47 heavy (non-hydrogen) atoms. The van der Waals surface area contributed by atoms with Gasteiger partial charge in [0, 0.05) is 36.6 Å². The van der Waals surface area contributed by atoms with Crippen molar-refractivity contribution in [2.45, 2.75) is 87.7 Å². The highest BCUT2D eigenvalue weighted by Gasteiger charge is 2.50. The second-order valence-corrected chi connectivity index (χ2v) is 14.7. The van der Waals surface area contributed by atoms with Gasteiger partial charge in [-0.25, -0.2) is 4.79 Å². The molecule has 0 spiro atoms. The maximum absolute atomic E-state index is 13.7. The van der Waals surface area contributed by atoms with Crippen molar-refractivity contribution in [3.05, 3.63) is 40.5 Å². The third-order valence-electron chi connectivity index (χ3n) is 9.93. The van der Waals surface area contributed by atoms with Crippen LogP contribution in [0, 0.1) is 11.8 Å². The van der Waals surface area contributed by atoms with Crippen LogP contribution in [0.25, 0.3) is 17.4 Å². The molecule has 1 aromatic carbocycles. The molecule has 2 heterocycles. The zero-order valence-corrected chi connectivity index (χ0v) is 28.1. The highest BCUT2D eigenvalue weighted by atomic mass is 32.2. The molecule has 5 atom stereocenters. The zero-order valence-electron chi connectivity index (χ0n) is 26.4. The van der Waals surface area contributed by atoms with E-state index in [2.05, 4.69) is 0 Å². The Morgan fingerprint density at radius 1 is 1.06 bits per heavy atom. The maximum atomic E-state index is 13.7. The summed E-state index contributed by atoms with van der Waals surface area (Å²) in [5, 5.41) is 40.3. The van der Waals surface area contributed by atoms with Crippen molar-refractivity contribution in [2.24, 2.45) is 11.8 Å². The summed E-state index contributed by atoms with van der Waals surface area (Å²) in [5.74, 6) is 2.45. The average molecular weight is 688 g/mol. The number of thiocarbonyl (C=S) groups is 1. The second kappa shape index (κ2) is 13.9. The van der Waals surface area contributed by atoms with Gasteiger partial charge in [0.2, 0.25) is 0 Å². The summed E-state index contributed by atoms with van der Waals surface area (Å²) in [5.41, 5.74) is -0.489. The van der Waals surface area contributed by atoms with E-state index in [9.17, 15) is 30.0 Å². The Morgan fingerprint density at radius 2 is 1.77 bits per heavy atom. The minimum atomic E-state index is -2.08. The van der Waals surface area contributed by atoms with Crippen molar-refractivity contribution in [1.29, 1.82) is 0 Å². The number of hydrogen-bond acceptors (Lipinski definition) is 12. The van der Waals surface area contributed by atoms with E-state index in [0.29, 0.717) is 63.3 Å². The smallest absolute Gasteiger partial charge is 0.338 e. The normalized spacial score (nSPS) is 31.2. The van der Waals surface area contributed by atoms with E-state index in [-0.39, 0.29) is 18.6 Å². The Morgan fingerprint density at radius 3 is 2.38 bits per heavy atom. The first kappa shape index (κ1) is 33.9. The number of aliphatic hydroxyl groups excluding tert-OH is 3. The fourth-order valence-electron chi connectivity index (χ4n) is 7.42. The van der Waals surface area contributed by atoms with E-state index >= 15 is 0 Å². The molecule has 1 aliphatic heterocycles. The van der Waals surface area contributed by atoms with Gasteiger partial charge in [-0.05, 0) is 74.1 Å². The van der Waals surface area contributed by atoms with Crippen LogP contribution in [0.2, 0.25) is 0 Å². The van der Waals surface area contributed by atoms with Crippen molar-refractivity contribution in [2.75, 3.05) is 20.8 Å². The summed E-state index contributed by atoms with van der Waals surface area (Å²) in [7, 11) is 3.14. The minimum Gasteiger partial charge on any atom is -0.497 e. The van der Waals surface area contributed by atoms with Crippen LogP contribution < -0.4 is 9.47 Å². The molecule has 1 amide bonds. The number of amides is 1. The van der Waals surface area contributed by atoms with Gasteiger partial charge in [-0.15, -0.1) is 0 Å². The molecule has 13 heteroatoms. The molecule has 4 fully saturated rings. The van der Waals surface area contributed by atoms with Crippen molar-refractivity contribution in [3.63, 3.8) is 0 Å². The summed E-state index contributed by atoms with van der Waals surface area (Å²) < 4.78 is 23.2. The van der Waals surface area contributed by atoms with Crippen LogP contribution in [-0.4, -0.2) is 92.3 Å². The number of furan rings is 1. The molecule has 11 nitrogen and oxygen atoms in total. The Hall–Kier alpha value is -2.94. The first-order chi connectivity index (χ1) is 22.5. The Labute approximate surface area is 282 Å². The van der Waals surface area contributed by atoms with E-state index in [1.165, 1.54) is 18.2 Å². The fourth-order valence-corrected chi connectivity index (χ4v) is 8.77. The zero-order chi connectivity index (χ0) is 33.5. The quantitative estimate of drug-likeness (QED) is 0.117. The van der Waals surface area contributed by atoms with Gasteiger partial charge in [-0.2, -0.15) is 0 Å². The van der Waals surface area contributed by atoms with Gasteiger partial charge >= 0.3 is 5.97 Å². The molecule has 0 radical (unpaired) electrons. The van der Waals surface area contributed by atoms with Crippen LogP contribution in [0.1, 0.15) is 62.7 Å². The van der Waals surface area contributed by atoms with Gasteiger partial charge in [0.25, 0.3) is 5.91 Å². The van der Waals surface area contributed by atoms with E-state index in [4.69, 9.17) is 30.8 Å². The lowest BCUT2D eigenvalue weighted by molar-refractivity contribution is -0.192. The maximum Gasteiger partial charge on any atom is 0.338 e. The summed E-state index contributed by atoms with van der Waals surface area (Å²) in [6.45, 7) is 0.00518. The highest BCUT2D eigenvalue weighted by molar-refractivity contribution is 8.26. The van der Waals surface area contributed by atoms with Crippen molar-refractivity contribution in [1.82, 2.24) is 4.90 Å². The van der Waals surface area contributed by atoms with E-state index in [0.717, 1.165) is 30.4 Å². The topological polar surface area (TPSA) is 159 Å². The average Bonchev–Trinajstić information content (AvgIpc) is 3.84. The summed E-state index contributed by atoms with van der Waals surface area (Å²) >= 11 is 7.00. The monoisotopic (exact) mass is 687 g/mol. The number of methoxy groups -OCH3 is 2. The number of aryl methyl sites for hydroxylation is 1. The largest absolute Gasteiger partial charge is 0.497 e.